The van der Waals surface area contributed by atoms with E-state index in [-0.39, 0.29) is 5.91 Å². The Hall–Kier alpha value is -1.58. The first-order valence-electron chi connectivity index (χ1n) is 4.37. The van der Waals surface area contributed by atoms with Crippen LogP contribution in [0.4, 0.5) is 0 Å². The number of hydrogen-bond donors (Lipinski definition) is 2. The Morgan fingerprint density at radius 2 is 1.93 bits per heavy atom. The van der Waals surface area contributed by atoms with E-state index in [0.717, 1.165) is 11.6 Å². The molecule has 0 fully saturated rings. The molecule has 0 spiro atoms. The van der Waals surface area contributed by atoms with Crippen LogP contribution in [-0.4, -0.2) is 24.0 Å². The first kappa shape index (κ1) is 12.4. The molecule has 4 heteroatoms. The van der Waals surface area contributed by atoms with Gasteiger partial charge in [-0.2, -0.15) is 0 Å². The van der Waals surface area contributed by atoms with Gasteiger partial charge in [-0.15, -0.1) is 0 Å². The summed E-state index contributed by atoms with van der Waals surface area (Å²) in [6.07, 6.45) is 5.30. The van der Waals surface area contributed by atoms with Crippen molar-refractivity contribution in [2.45, 2.75) is 19.8 Å². The number of carboxylic acid groups (broad SMARTS) is 1. The van der Waals surface area contributed by atoms with E-state index >= 15 is 0 Å². The topological polar surface area (TPSA) is 66.4 Å². The molecule has 0 rings (SSSR count). The van der Waals surface area contributed by atoms with Crippen LogP contribution in [0.2, 0.25) is 0 Å². The van der Waals surface area contributed by atoms with Crippen molar-refractivity contribution >= 4 is 11.9 Å². The zero-order chi connectivity index (χ0) is 11.0. The Balaban J connectivity index is 4.06. The van der Waals surface area contributed by atoms with E-state index in [1.54, 1.807) is 13.1 Å². The normalized spacial score (nSPS) is 11.7. The second-order valence-corrected chi connectivity index (χ2v) is 2.71. The smallest absolute Gasteiger partial charge is 0.328 e. The van der Waals surface area contributed by atoms with E-state index in [2.05, 4.69) is 5.32 Å². The van der Waals surface area contributed by atoms with Crippen LogP contribution in [0.3, 0.4) is 0 Å². The fourth-order valence-electron chi connectivity index (χ4n) is 0.885. The number of hydrogen-bond acceptors (Lipinski definition) is 2. The average molecular weight is 197 g/mol. The molecule has 4 nitrogen and oxygen atoms in total. The van der Waals surface area contributed by atoms with E-state index < -0.39 is 5.97 Å². The van der Waals surface area contributed by atoms with E-state index in [1.807, 2.05) is 6.92 Å². The standard InChI is InChI=1S/C10H15NO3/c1-3-8(5-7-10(13)14)4-6-9(12)11-2/h3,5,7H,4,6H2,1-2H3,(H,11,12)(H,13,14)/b7-5+,8-3+. The summed E-state index contributed by atoms with van der Waals surface area (Å²) in [5, 5.41) is 10.9. The van der Waals surface area contributed by atoms with Crippen molar-refractivity contribution in [2.24, 2.45) is 0 Å². The van der Waals surface area contributed by atoms with E-state index in [4.69, 9.17) is 5.11 Å². The van der Waals surface area contributed by atoms with Gasteiger partial charge in [0, 0.05) is 19.5 Å². The predicted octanol–water partition coefficient (Wildman–Crippen LogP) is 1.10. The second-order valence-electron chi connectivity index (χ2n) is 2.71. The van der Waals surface area contributed by atoms with Crippen LogP contribution >= 0.6 is 0 Å². The highest BCUT2D eigenvalue weighted by atomic mass is 16.4. The summed E-state index contributed by atoms with van der Waals surface area (Å²) in [4.78, 5) is 21.1. The van der Waals surface area contributed by atoms with Crippen molar-refractivity contribution in [1.82, 2.24) is 5.32 Å². The minimum Gasteiger partial charge on any atom is -0.478 e. The monoisotopic (exact) mass is 197 g/mol. The number of carbonyl (C=O) groups is 2. The van der Waals surface area contributed by atoms with Gasteiger partial charge in [0.2, 0.25) is 5.91 Å². The number of carbonyl (C=O) groups excluding carboxylic acids is 1. The van der Waals surface area contributed by atoms with Crippen molar-refractivity contribution < 1.29 is 14.7 Å². The molecule has 0 saturated heterocycles. The van der Waals surface area contributed by atoms with Crippen LogP contribution in [0.1, 0.15) is 19.8 Å². The number of allylic oxidation sites excluding steroid dienone is 3. The van der Waals surface area contributed by atoms with Gasteiger partial charge in [0.05, 0.1) is 0 Å². The summed E-state index contributed by atoms with van der Waals surface area (Å²) >= 11 is 0. The quantitative estimate of drug-likeness (QED) is 0.512. The molecule has 0 aliphatic heterocycles. The maximum Gasteiger partial charge on any atom is 0.328 e. The zero-order valence-electron chi connectivity index (χ0n) is 8.41. The molecule has 0 aromatic carbocycles. The van der Waals surface area contributed by atoms with Crippen molar-refractivity contribution in [3.63, 3.8) is 0 Å². The SMILES string of the molecule is C/C=C(/C=C/C(=O)O)CCC(=O)NC. The number of carboxylic acids is 1. The molecule has 0 saturated carbocycles. The van der Waals surface area contributed by atoms with Crippen molar-refractivity contribution in [3.8, 4) is 0 Å². The zero-order valence-corrected chi connectivity index (χ0v) is 8.41. The minimum absolute atomic E-state index is 0.0481. The molecular formula is C10H15NO3. The fraction of sp³-hybridized carbons (Fsp3) is 0.400. The Morgan fingerprint density at radius 3 is 2.36 bits per heavy atom. The molecule has 0 radical (unpaired) electrons. The number of nitrogens with one attached hydrogen (secondary N) is 1. The Labute approximate surface area is 83.3 Å². The molecule has 0 aliphatic carbocycles. The van der Waals surface area contributed by atoms with Crippen molar-refractivity contribution in [2.75, 3.05) is 7.05 Å². The fourth-order valence-corrected chi connectivity index (χ4v) is 0.885. The molecule has 14 heavy (non-hydrogen) atoms. The third-order valence-corrected chi connectivity index (χ3v) is 1.73. The highest BCUT2D eigenvalue weighted by molar-refractivity contribution is 5.80. The molecule has 0 aromatic heterocycles. The van der Waals surface area contributed by atoms with Crippen molar-refractivity contribution in [3.05, 3.63) is 23.8 Å². The van der Waals surface area contributed by atoms with Gasteiger partial charge in [-0.25, -0.2) is 4.79 Å². The van der Waals surface area contributed by atoms with E-state index in [1.165, 1.54) is 6.08 Å². The first-order valence-corrected chi connectivity index (χ1v) is 4.37. The lowest BCUT2D eigenvalue weighted by Crippen LogP contribution is -2.17. The summed E-state index contributed by atoms with van der Waals surface area (Å²) in [7, 11) is 1.57. The number of aliphatic carboxylic acids is 1. The van der Waals surface area contributed by atoms with Crippen LogP contribution in [0.25, 0.3) is 0 Å². The van der Waals surface area contributed by atoms with Gasteiger partial charge in [0.25, 0.3) is 0 Å². The minimum atomic E-state index is -0.982. The summed E-state index contributed by atoms with van der Waals surface area (Å²) in [5.74, 6) is -1.03. The third kappa shape index (κ3) is 5.99. The Kier molecular flexibility index (Phi) is 6.11. The molecule has 0 heterocycles. The summed E-state index contributed by atoms with van der Waals surface area (Å²) in [5.41, 5.74) is 0.844. The molecule has 0 bridgehead atoms. The van der Waals surface area contributed by atoms with Crippen LogP contribution in [0, 0.1) is 0 Å². The Bertz CT molecular complexity index is 267. The number of amides is 1. The highest BCUT2D eigenvalue weighted by Crippen LogP contribution is 2.06. The molecular weight excluding hydrogens is 182 g/mol. The molecule has 1 amide bonds. The lowest BCUT2D eigenvalue weighted by molar-refractivity contribution is -0.131. The van der Waals surface area contributed by atoms with Crippen LogP contribution in [-0.2, 0) is 9.59 Å². The molecule has 2 N–H and O–H groups in total. The van der Waals surface area contributed by atoms with Gasteiger partial charge in [-0.3, -0.25) is 4.79 Å². The first-order chi connectivity index (χ1) is 6.60. The predicted molar refractivity (Wildman–Crippen MR) is 53.8 cm³/mol. The van der Waals surface area contributed by atoms with Gasteiger partial charge in [0.1, 0.15) is 0 Å². The average Bonchev–Trinajstić information content (AvgIpc) is 2.17. The van der Waals surface area contributed by atoms with Crippen LogP contribution in [0.15, 0.2) is 23.8 Å². The Morgan fingerprint density at radius 1 is 1.29 bits per heavy atom. The van der Waals surface area contributed by atoms with Gasteiger partial charge in [0.15, 0.2) is 0 Å². The lowest BCUT2D eigenvalue weighted by atomic mass is 10.1. The third-order valence-electron chi connectivity index (χ3n) is 1.73. The maximum absolute atomic E-state index is 10.9. The molecule has 78 valence electrons. The summed E-state index contributed by atoms with van der Waals surface area (Å²) < 4.78 is 0. The van der Waals surface area contributed by atoms with Crippen LogP contribution in [0.5, 0.6) is 0 Å². The van der Waals surface area contributed by atoms with Crippen molar-refractivity contribution in [1.29, 1.82) is 0 Å². The van der Waals surface area contributed by atoms with Gasteiger partial charge in [-0.1, -0.05) is 17.7 Å². The van der Waals surface area contributed by atoms with Gasteiger partial charge >= 0.3 is 5.97 Å². The lowest BCUT2D eigenvalue weighted by Gasteiger charge is -2.00. The van der Waals surface area contributed by atoms with Gasteiger partial charge < -0.3 is 10.4 Å². The van der Waals surface area contributed by atoms with E-state index in [9.17, 15) is 9.59 Å². The summed E-state index contributed by atoms with van der Waals surface area (Å²) in [6.45, 7) is 1.81. The molecule has 0 unspecified atom stereocenters. The van der Waals surface area contributed by atoms with Crippen LogP contribution < -0.4 is 5.32 Å². The van der Waals surface area contributed by atoms with Gasteiger partial charge in [-0.05, 0) is 13.3 Å². The molecule has 0 aliphatic rings. The summed E-state index contributed by atoms with van der Waals surface area (Å²) in [6, 6.07) is 0. The maximum atomic E-state index is 10.9. The largest absolute Gasteiger partial charge is 0.478 e. The number of rotatable bonds is 5. The molecule has 0 aromatic rings. The molecule has 0 atom stereocenters. The highest BCUT2D eigenvalue weighted by Gasteiger charge is 1.99. The second kappa shape index (κ2) is 6.88. The van der Waals surface area contributed by atoms with E-state index in [0.29, 0.717) is 12.8 Å².